The highest BCUT2D eigenvalue weighted by Crippen LogP contribution is 2.19. The zero-order chi connectivity index (χ0) is 17.6. The van der Waals surface area contributed by atoms with Crippen molar-refractivity contribution in [1.82, 2.24) is 5.32 Å². The van der Waals surface area contributed by atoms with Gasteiger partial charge >= 0.3 is 0 Å². The minimum atomic E-state index is -0.348. The molecule has 0 aliphatic heterocycles. The van der Waals surface area contributed by atoms with Gasteiger partial charge in [0.15, 0.2) is 0 Å². The van der Waals surface area contributed by atoms with Crippen molar-refractivity contribution in [2.24, 2.45) is 0 Å². The lowest BCUT2D eigenvalue weighted by Gasteiger charge is -2.40. The fourth-order valence-corrected chi connectivity index (χ4v) is 1.90. The van der Waals surface area contributed by atoms with E-state index in [-0.39, 0.29) is 22.8 Å². The molecule has 0 spiro atoms. The Labute approximate surface area is 138 Å². The first kappa shape index (κ1) is 21.8. The number of rotatable bonds is 9. The molecule has 22 heavy (non-hydrogen) atoms. The molecule has 0 unspecified atom stereocenters. The lowest BCUT2D eigenvalue weighted by atomic mass is 10.00. The Balaban J connectivity index is 5.11. The SMILES string of the molecule is CC(C)NC(COC(C)C)(COC(C)(C)C)COC(C)(C)C. The summed E-state index contributed by atoms with van der Waals surface area (Å²) in [5.74, 6) is 0. The molecule has 0 amide bonds. The maximum atomic E-state index is 6.07. The molecule has 0 aromatic heterocycles. The fourth-order valence-electron chi connectivity index (χ4n) is 1.90. The van der Waals surface area contributed by atoms with Gasteiger partial charge in [0.1, 0.15) is 0 Å². The number of ether oxygens (including phenoxy) is 3. The molecule has 0 aromatic rings. The maximum absolute atomic E-state index is 6.07. The standard InChI is InChI=1S/C18H39NO3/c1-14(2)19-18(11-20-15(3)4,12-21-16(5,6)7)13-22-17(8,9)10/h14-15,19H,11-13H2,1-10H3. The molecule has 134 valence electrons. The topological polar surface area (TPSA) is 39.7 Å². The number of hydrogen-bond acceptors (Lipinski definition) is 4. The van der Waals surface area contributed by atoms with E-state index >= 15 is 0 Å². The Morgan fingerprint density at radius 3 is 1.41 bits per heavy atom. The van der Waals surface area contributed by atoms with Gasteiger partial charge in [-0.15, -0.1) is 0 Å². The molecule has 0 heterocycles. The van der Waals surface area contributed by atoms with Gasteiger partial charge in [-0.1, -0.05) is 13.8 Å². The molecular weight excluding hydrogens is 278 g/mol. The third-order valence-electron chi connectivity index (χ3n) is 2.85. The van der Waals surface area contributed by atoms with Crippen molar-refractivity contribution in [3.05, 3.63) is 0 Å². The van der Waals surface area contributed by atoms with Gasteiger partial charge in [-0.25, -0.2) is 0 Å². The highest BCUT2D eigenvalue weighted by Gasteiger charge is 2.35. The van der Waals surface area contributed by atoms with Crippen LogP contribution < -0.4 is 5.32 Å². The summed E-state index contributed by atoms with van der Waals surface area (Å²) in [6.07, 6.45) is 0.178. The first-order valence-corrected chi connectivity index (χ1v) is 8.42. The minimum Gasteiger partial charge on any atom is -0.377 e. The largest absolute Gasteiger partial charge is 0.377 e. The second-order valence-electron chi connectivity index (χ2n) is 8.74. The summed E-state index contributed by atoms with van der Waals surface area (Å²) >= 11 is 0. The molecule has 0 radical (unpaired) electrons. The van der Waals surface area contributed by atoms with E-state index in [2.05, 4.69) is 74.6 Å². The van der Waals surface area contributed by atoms with E-state index in [0.717, 1.165) is 0 Å². The summed E-state index contributed by atoms with van der Waals surface area (Å²) < 4.78 is 18.1. The molecule has 0 fully saturated rings. The average molecular weight is 318 g/mol. The van der Waals surface area contributed by atoms with Crippen molar-refractivity contribution in [2.45, 2.75) is 98.1 Å². The Morgan fingerprint density at radius 2 is 1.14 bits per heavy atom. The van der Waals surface area contributed by atoms with Crippen LogP contribution in [0.15, 0.2) is 0 Å². The van der Waals surface area contributed by atoms with Crippen molar-refractivity contribution in [3.63, 3.8) is 0 Å². The predicted molar refractivity (Wildman–Crippen MR) is 93.5 cm³/mol. The van der Waals surface area contributed by atoms with Crippen molar-refractivity contribution >= 4 is 0 Å². The maximum Gasteiger partial charge on any atom is 0.0892 e. The second kappa shape index (κ2) is 8.62. The monoisotopic (exact) mass is 317 g/mol. The van der Waals surface area contributed by atoms with Gasteiger partial charge in [0.05, 0.1) is 42.7 Å². The van der Waals surface area contributed by atoms with Crippen LogP contribution in [0.25, 0.3) is 0 Å². The van der Waals surface area contributed by atoms with E-state index in [0.29, 0.717) is 25.9 Å². The van der Waals surface area contributed by atoms with Crippen LogP contribution in [0.5, 0.6) is 0 Å². The molecule has 4 heteroatoms. The minimum absolute atomic E-state index is 0.178. The molecule has 4 nitrogen and oxygen atoms in total. The smallest absolute Gasteiger partial charge is 0.0892 e. The Bertz CT molecular complexity index is 282. The fraction of sp³-hybridized carbons (Fsp3) is 1.00. The lowest BCUT2D eigenvalue weighted by Crippen LogP contribution is -2.60. The summed E-state index contributed by atoms with van der Waals surface area (Å²) in [6, 6.07) is 0.322. The van der Waals surface area contributed by atoms with Crippen LogP contribution in [0.3, 0.4) is 0 Å². The molecule has 0 saturated heterocycles. The highest BCUT2D eigenvalue weighted by molar-refractivity contribution is 4.91. The van der Waals surface area contributed by atoms with Crippen LogP contribution in [0.4, 0.5) is 0 Å². The summed E-state index contributed by atoms with van der Waals surface area (Å²) in [5, 5.41) is 3.62. The van der Waals surface area contributed by atoms with Crippen LogP contribution in [0, 0.1) is 0 Å². The third kappa shape index (κ3) is 11.4. The highest BCUT2D eigenvalue weighted by atomic mass is 16.5. The molecule has 0 atom stereocenters. The van der Waals surface area contributed by atoms with Gasteiger partial charge in [-0.3, -0.25) is 0 Å². The number of hydrogen-bond donors (Lipinski definition) is 1. The van der Waals surface area contributed by atoms with Crippen molar-refractivity contribution in [3.8, 4) is 0 Å². The summed E-state index contributed by atoms with van der Waals surface area (Å²) in [4.78, 5) is 0. The molecule has 0 aliphatic carbocycles. The van der Waals surface area contributed by atoms with Crippen LogP contribution in [0.2, 0.25) is 0 Å². The average Bonchev–Trinajstić information content (AvgIpc) is 2.28. The summed E-state index contributed by atoms with van der Waals surface area (Å²) in [6.45, 7) is 22.5. The first-order chi connectivity index (χ1) is 9.75. The van der Waals surface area contributed by atoms with Gasteiger partial charge in [0.25, 0.3) is 0 Å². The zero-order valence-corrected chi connectivity index (χ0v) is 16.5. The molecular formula is C18H39NO3. The van der Waals surface area contributed by atoms with Gasteiger partial charge < -0.3 is 19.5 Å². The zero-order valence-electron chi connectivity index (χ0n) is 16.5. The molecule has 0 aliphatic rings. The van der Waals surface area contributed by atoms with Gasteiger partial charge in [-0.2, -0.15) is 0 Å². The van der Waals surface area contributed by atoms with E-state index in [1.807, 2.05) is 0 Å². The van der Waals surface area contributed by atoms with Crippen molar-refractivity contribution in [2.75, 3.05) is 19.8 Å². The van der Waals surface area contributed by atoms with E-state index in [4.69, 9.17) is 14.2 Å². The molecule has 0 saturated carbocycles. The quantitative estimate of drug-likeness (QED) is 0.702. The third-order valence-corrected chi connectivity index (χ3v) is 2.85. The van der Waals surface area contributed by atoms with Gasteiger partial charge in [0.2, 0.25) is 0 Å². The van der Waals surface area contributed by atoms with Gasteiger partial charge in [-0.05, 0) is 55.4 Å². The van der Waals surface area contributed by atoms with Crippen LogP contribution in [-0.2, 0) is 14.2 Å². The molecule has 0 aromatic carbocycles. The normalized spacial score (nSPS) is 14.2. The lowest BCUT2D eigenvalue weighted by molar-refractivity contribution is -0.114. The second-order valence-corrected chi connectivity index (χ2v) is 8.74. The van der Waals surface area contributed by atoms with Gasteiger partial charge in [0, 0.05) is 6.04 Å². The Hall–Kier alpha value is -0.160. The van der Waals surface area contributed by atoms with Crippen LogP contribution >= 0.6 is 0 Å². The summed E-state index contributed by atoms with van der Waals surface area (Å²) in [5.41, 5.74) is -0.730. The van der Waals surface area contributed by atoms with Crippen molar-refractivity contribution in [1.29, 1.82) is 0 Å². The predicted octanol–water partition coefficient (Wildman–Crippen LogP) is 3.78. The number of nitrogens with one attached hydrogen (secondary N) is 1. The van der Waals surface area contributed by atoms with Crippen molar-refractivity contribution < 1.29 is 14.2 Å². The van der Waals surface area contributed by atoms with E-state index in [1.165, 1.54) is 0 Å². The molecule has 0 bridgehead atoms. The molecule has 0 rings (SSSR count). The molecule has 1 N–H and O–H groups in total. The van der Waals surface area contributed by atoms with E-state index < -0.39 is 0 Å². The Kier molecular flexibility index (Phi) is 8.56. The summed E-state index contributed by atoms with van der Waals surface area (Å²) in [7, 11) is 0. The Morgan fingerprint density at radius 1 is 0.727 bits per heavy atom. The first-order valence-electron chi connectivity index (χ1n) is 8.42. The van der Waals surface area contributed by atoms with E-state index in [1.54, 1.807) is 0 Å². The van der Waals surface area contributed by atoms with Crippen LogP contribution in [-0.4, -0.2) is 48.7 Å². The van der Waals surface area contributed by atoms with E-state index in [9.17, 15) is 0 Å². The van der Waals surface area contributed by atoms with Crippen LogP contribution in [0.1, 0.15) is 69.2 Å².